The number of hydrogen-bond donors (Lipinski definition) is 2. The molecule has 4 nitrogen and oxygen atoms in total. The second kappa shape index (κ2) is 3.92. The van der Waals surface area contributed by atoms with Crippen molar-refractivity contribution in [2.75, 3.05) is 0 Å². The van der Waals surface area contributed by atoms with Gasteiger partial charge in [-0.2, -0.15) is 0 Å². The van der Waals surface area contributed by atoms with Gasteiger partial charge in [0.2, 0.25) is 0 Å². The average Bonchev–Trinajstić information content (AvgIpc) is 1.84. The third-order valence-corrected chi connectivity index (χ3v) is 3.28. The highest BCUT2D eigenvalue weighted by molar-refractivity contribution is 9.12. The molecule has 0 heterocycles. The van der Waals surface area contributed by atoms with E-state index in [9.17, 15) is 9.59 Å². The molecule has 0 saturated carbocycles. The van der Waals surface area contributed by atoms with Crippen LogP contribution in [0, 0.1) is 0 Å². The molecular formula is C4H4Br2O4. The molecule has 0 aromatic heterocycles. The molecule has 0 bridgehead atoms. The van der Waals surface area contributed by atoms with Gasteiger partial charge in [-0.3, -0.25) is 9.59 Å². The number of hydrogen-bond acceptors (Lipinski definition) is 2. The first-order valence-corrected chi connectivity index (χ1v) is 4.03. The van der Waals surface area contributed by atoms with Gasteiger partial charge in [-0.25, -0.2) is 0 Å². The summed E-state index contributed by atoms with van der Waals surface area (Å²) in [6.07, 6.45) is 0. The third-order valence-electron chi connectivity index (χ3n) is 0.729. The minimum atomic E-state index is -1.20. The fourth-order valence-corrected chi connectivity index (χ4v) is 0.703. The minimum absolute atomic E-state index is 1.09. The molecule has 0 radical (unpaired) electrons. The number of halogens is 2. The predicted octanol–water partition coefficient (Wildman–Crippen LogP) is 0.683. The Labute approximate surface area is 73.5 Å². The standard InChI is InChI=1S/C4H4Br2O4/c5-1(3(7)8)2(6)4(9)10/h1-2H,(H,7,8)(H,9,10)/t1-,2?/m1/s1. The van der Waals surface area contributed by atoms with E-state index in [0.29, 0.717) is 0 Å². The van der Waals surface area contributed by atoms with Crippen molar-refractivity contribution in [3.05, 3.63) is 0 Å². The van der Waals surface area contributed by atoms with Gasteiger partial charge in [0.15, 0.2) is 0 Å². The molecule has 2 atom stereocenters. The van der Waals surface area contributed by atoms with Crippen LogP contribution in [0.2, 0.25) is 0 Å². The summed E-state index contributed by atoms with van der Waals surface area (Å²) in [7, 11) is 0. The van der Waals surface area contributed by atoms with Crippen molar-refractivity contribution in [2.45, 2.75) is 9.65 Å². The van der Waals surface area contributed by atoms with Gasteiger partial charge in [0.25, 0.3) is 0 Å². The van der Waals surface area contributed by atoms with Crippen LogP contribution in [-0.4, -0.2) is 31.8 Å². The summed E-state index contributed by atoms with van der Waals surface area (Å²) >= 11 is 5.36. The summed E-state index contributed by atoms with van der Waals surface area (Å²) in [4.78, 5) is 18.0. The van der Waals surface area contributed by atoms with Crippen molar-refractivity contribution in [3.63, 3.8) is 0 Å². The molecule has 0 aromatic rings. The highest BCUT2D eigenvalue weighted by Gasteiger charge is 2.28. The van der Waals surface area contributed by atoms with Crippen molar-refractivity contribution < 1.29 is 19.8 Å². The Morgan fingerprint density at radius 3 is 1.30 bits per heavy atom. The van der Waals surface area contributed by atoms with E-state index in [0.717, 1.165) is 0 Å². The smallest absolute Gasteiger partial charge is 0.319 e. The zero-order chi connectivity index (χ0) is 8.31. The van der Waals surface area contributed by atoms with Gasteiger partial charge >= 0.3 is 11.9 Å². The van der Waals surface area contributed by atoms with Gasteiger partial charge in [-0.15, -0.1) is 0 Å². The number of carbonyl (C=O) groups is 2. The first kappa shape index (κ1) is 9.90. The maximum Gasteiger partial charge on any atom is 0.319 e. The van der Waals surface area contributed by atoms with Crippen LogP contribution in [-0.2, 0) is 9.59 Å². The zero-order valence-electron chi connectivity index (χ0n) is 4.62. The molecule has 1 unspecified atom stereocenters. The van der Waals surface area contributed by atoms with Gasteiger partial charge in [-0.05, 0) is 0 Å². The second-order valence-corrected chi connectivity index (χ2v) is 3.45. The van der Waals surface area contributed by atoms with Crippen LogP contribution in [0.5, 0.6) is 0 Å². The van der Waals surface area contributed by atoms with Crippen LogP contribution in [0.3, 0.4) is 0 Å². The van der Waals surface area contributed by atoms with E-state index in [2.05, 4.69) is 31.9 Å². The minimum Gasteiger partial charge on any atom is -0.480 e. The monoisotopic (exact) mass is 274 g/mol. The summed E-state index contributed by atoms with van der Waals surface area (Å²) in [5.41, 5.74) is 0. The molecule has 0 aliphatic heterocycles. The Morgan fingerprint density at radius 2 is 1.20 bits per heavy atom. The maximum atomic E-state index is 10.1. The van der Waals surface area contributed by atoms with Crippen LogP contribution in [0.4, 0.5) is 0 Å². The van der Waals surface area contributed by atoms with E-state index in [4.69, 9.17) is 10.2 Å². The molecule has 0 saturated heterocycles. The molecule has 2 N–H and O–H groups in total. The lowest BCUT2D eigenvalue weighted by Gasteiger charge is -2.05. The topological polar surface area (TPSA) is 74.6 Å². The lowest BCUT2D eigenvalue weighted by Crippen LogP contribution is -2.30. The SMILES string of the molecule is O=C(O)C(Br)[C@@H](Br)C(=O)O. The van der Waals surface area contributed by atoms with E-state index in [-0.39, 0.29) is 0 Å². The fraction of sp³-hybridized carbons (Fsp3) is 0.500. The highest BCUT2D eigenvalue weighted by Crippen LogP contribution is 2.14. The Hall–Kier alpha value is -0.100. The van der Waals surface area contributed by atoms with Crippen molar-refractivity contribution >= 4 is 43.8 Å². The van der Waals surface area contributed by atoms with Crippen molar-refractivity contribution in [1.82, 2.24) is 0 Å². The van der Waals surface area contributed by atoms with Gasteiger partial charge in [0.1, 0.15) is 9.65 Å². The number of rotatable bonds is 3. The van der Waals surface area contributed by atoms with Crippen LogP contribution < -0.4 is 0 Å². The Morgan fingerprint density at radius 1 is 1.00 bits per heavy atom. The summed E-state index contributed by atoms with van der Waals surface area (Å²) in [6, 6.07) is 0. The van der Waals surface area contributed by atoms with Crippen LogP contribution in [0.1, 0.15) is 0 Å². The number of carboxylic acid groups (broad SMARTS) is 2. The molecule has 0 rings (SSSR count). The number of alkyl halides is 2. The molecule has 10 heavy (non-hydrogen) atoms. The van der Waals surface area contributed by atoms with E-state index in [1.807, 2.05) is 0 Å². The summed E-state index contributed by atoms with van der Waals surface area (Å²) in [6.45, 7) is 0. The molecule has 58 valence electrons. The van der Waals surface area contributed by atoms with Gasteiger partial charge in [0, 0.05) is 0 Å². The first-order valence-electron chi connectivity index (χ1n) is 2.20. The Kier molecular flexibility index (Phi) is 3.88. The Balaban J connectivity index is 4.07. The zero-order valence-corrected chi connectivity index (χ0v) is 7.79. The summed E-state index contributed by atoms with van der Waals surface area (Å²) < 4.78 is 0. The fourth-order valence-electron chi connectivity index (χ4n) is 0.250. The lowest BCUT2D eigenvalue weighted by molar-refractivity contribution is -0.142. The van der Waals surface area contributed by atoms with E-state index in [1.54, 1.807) is 0 Å². The first-order chi connectivity index (χ1) is 4.46. The quantitative estimate of drug-likeness (QED) is 0.743. The van der Waals surface area contributed by atoms with Gasteiger partial charge in [0.05, 0.1) is 0 Å². The second-order valence-electron chi connectivity index (χ2n) is 1.48. The van der Waals surface area contributed by atoms with E-state index < -0.39 is 21.6 Å². The normalized spacial score (nSPS) is 15.8. The highest BCUT2D eigenvalue weighted by atomic mass is 79.9. The number of aliphatic carboxylic acids is 2. The average molecular weight is 276 g/mol. The van der Waals surface area contributed by atoms with Gasteiger partial charge < -0.3 is 10.2 Å². The molecular weight excluding hydrogens is 272 g/mol. The molecule has 6 heteroatoms. The molecule has 0 aliphatic rings. The summed E-state index contributed by atoms with van der Waals surface area (Å²) in [5.74, 6) is -2.41. The molecule has 0 aliphatic carbocycles. The largest absolute Gasteiger partial charge is 0.480 e. The van der Waals surface area contributed by atoms with Crippen molar-refractivity contribution in [3.8, 4) is 0 Å². The van der Waals surface area contributed by atoms with Gasteiger partial charge in [-0.1, -0.05) is 31.9 Å². The molecule has 0 aromatic carbocycles. The van der Waals surface area contributed by atoms with Crippen LogP contribution in [0.15, 0.2) is 0 Å². The van der Waals surface area contributed by atoms with Crippen molar-refractivity contribution in [2.24, 2.45) is 0 Å². The Bertz CT molecular complexity index is 139. The summed E-state index contributed by atoms with van der Waals surface area (Å²) in [5, 5.41) is 16.5. The predicted molar refractivity (Wildman–Crippen MR) is 40.7 cm³/mol. The lowest BCUT2D eigenvalue weighted by atomic mass is 10.3. The molecule has 0 amide bonds. The molecule has 0 spiro atoms. The van der Waals surface area contributed by atoms with E-state index in [1.165, 1.54) is 0 Å². The maximum absolute atomic E-state index is 10.1. The third kappa shape index (κ3) is 2.66. The van der Waals surface area contributed by atoms with Crippen LogP contribution >= 0.6 is 31.9 Å². The number of carboxylic acids is 2. The molecule has 0 fully saturated rings. The van der Waals surface area contributed by atoms with E-state index >= 15 is 0 Å². The van der Waals surface area contributed by atoms with Crippen LogP contribution in [0.25, 0.3) is 0 Å². The van der Waals surface area contributed by atoms with Crippen molar-refractivity contribution in [1.29, 1.82) is 0 Å².